The maximum atomic E-state index is 15.0. The van der Waals surface area contributed by atoms with Crippen molar-refractivity contribution in [1.82, 2.24) is 19.6 Å². The lowest BCUT2D eigenvalue weighted by Gasteiger charge is -2.35. The zero-order valence-corrected chi connectivity index (χ0v) is 37.0. The molecular weight excluding hydrogens is 835 g/mol. The molecule has 3 aromatic carbocycles. The van der Waals surface area contributed by atoms with E-state index >= 15 is 0 Å². The van der Waals surface area contributed by atoms with Gasteiger partial charge < -0.3 is 14.4 Å². The number of allylic oxidation sites excluding steroid dienone is 1. The second-order valence-electron chi connectivity index (χ2n) is 18.2. The van der Waals surface area contributed by atoms with Crippen LogP contribution in [0, 0.1) is 34.3 Å². The van der Waals surface area contributed by atoms with Gasteiger partial charge in [-0.3, -0.25) is 19.1 Å². The molecule has 3 aliphatic rings. The van der Waals surface area contributed by atoms with Gasteiger partial charge in [0.05, 0.1) is 34.9 Å². The molecule has 5 aromatic rings. The maximum absolute atomic E-state index is 15.0. The molecule has 1 aliphatic heterocycles. The highest BCUT2D eigenvalue weighted by Gasteiger charge is 2.61. The molecule has 5 atom stereocenters. The quantitative estimate of drug-likeness (QED) is 0.102. The average molecular weight is 885 g/mol. The van der Waals surface area contributed by atoms with E-state index in [9.17, 15) is 31.6 Å². The van der Waals surface area contributed by atoms with Gasteiger partial charge in [0.25, 0.3) is 0 Å². The van der Waals surface area contributed by atoms with Crippen LogP contribution >= 0.6 is 11.3 Å². The summed E-state index contributed by atoms with van der Waals surface area (Å²) in [7, 11) is -3.90. The zero-order chi connectivity index (χ0) is 44.3. The topological polar surface area (TPSA) is 145 Å². The standard InChI is InChI=1S/C47H50F2N4O7S2/c1-7-29-23-47(29,45(56)52-62(57,58)34-17-18-34)24-38(54)37-22-33(25-53(37)44(55)36(46(4,5)6)20-27-8-12-30(48)13-9-27)60-43-41-40(35-21-31(49)14-19-39(35)61-41)50-42(51-43)28-10-15-32(16-11-28)59-26(2)3/h7-16,19,21,26,29,33-34,36-37H,1,17-18,20,22-25H2,2-6H3,(H,52,56)/t29-,33-,36-,37+,47-/m1/s1. The van der Waals surface area contributed by atoms with Crippen LogP contribution in [-0.4, -0.2) is 70.9 Å². The van der Waals surface area contributed by atoms with Gasteiger partial charge in [0.2, 0.25) is 27.7 Å². The molecule has 2 saturated carbocycles. The summed E-state index contributed by atoms with van der Waals surface area (Å²) < 4.78 is 70.5. The van der Waals surface area contributed by atoms with Crippen LogP contribution in [0.5, 0.6) is 11.6 Å². The summed E-state index contributed by atoms with van der Waals surface area (Å²) in [5, 5.41) is -0.0553. The minimum absolute atomic E-state index is 0.00697. The number of hydrogen-bond acceptors (Lipinski definition) is 10. The molecule has 3 heterocycles. The van der Waals surface area contributed by atoms with E-state index in [1.807, 2.05) is 58.9 Å². The molecule has 62 heavy (non-hydrogen) atoms. The van der Waals surface area contributed by atoms with Crippen molar-refractivity contribution in [1.29, 1.82) is 0 Å². The van der Waals surface area contributed by atoms with Gasteiger partial charge in [-0.05, 0) is 111 Å². The zero-order valence-electron chi connectivity index (χ0n) is 35.3. The number of carbonyl (C=O) groups is 3. The number of rotatable bonds is 15. The number of ketones is 1. The molecule has 2 amide bonds. The summed E-state index contributed by atoms with van der Waals surface area (Å²) in [6, 6.07) is 16.7. The third-order valence-electron chi connectivity index (χ3n) is 12.2. The first-order chi connectivity index (χ1) is 29.3. The van der Waals surface area contributed by atoms with E-state index in [0.717, 1.165) is 10.3 Å². The van der Waals surface area contributed by atoms with Crippen LogP contribution in [0.25, 0.3) is 31.7 Å². The Labute approximate surface area is 364 Å². The molecule has 2 aliphatic carbocycles. The predicted molar refractivity (Wildman–Crippen MR) is 234 cm³/mol. The van der Waals surface area contributed by atoms with Gasteiger partial charge in [-0.15, -0.1) is 17.9 Å². The third kappa shape index (κ3) is 8.83. The third-order valence-corrected chi connectivity index (χ3v) is 15.1. The minimum Gasteiger partial charge on any atom is -0.491 e. The second kappa shape index (κ2) is 16.4. The van der Waals surface area contributed by atoms with Crippen molar-refractivity contribution in [2.45, 2.75) is 96.6 Å². The van der Waals surface area contributed by atoms with Gasteiger partial charge in [0.15, 0.2) is 11.6 Å². The van der Waals surface area contributed by atoms with Crippen LogP contribution in [-0.2, 0) is 30.8 Å². The first-order valence-electron chi connectivity index (χ1n) is 20.9. The average Bonchev–Trinajstić information content (AvgIpc) is 4.12. The summed E-state index contributed by atoms with van der Waals surface area (Å²) in [5.41, 5.74) is -0.0499. The number of likely N-dealkylation sites (tertiary alicyclic amines) is 1. The fourth-order valence-electron chi connectivity index (χ4n) is 8.47. The number of thiophene rings is 1. The summed E-state index contributed by atoms with van der Waals surface area (Å²) in [4.78, 5) is 54.8. The van der Waals surface area contributed by atoms with Gasteiger partial charge in [-0.1, -0.05) is 39.0 Å². The monoisotopic (exact) mass is 884 g/mol. The van der Waals surface area contributed by atoms with Gasteiger partial charge in [-0.25, -0.2) is 22.2 Å². The Morgan fingerprint density at radius 3 is 2.34 bits per heavy atom. The first-order valence-corrected chi connectivity index (χ1v) is 23.3. The van der Waals surface area contributed by atoms with Crippen LogP contribution < -0.4 is 14.2 Å². The van der Waals surface area contributed by atoms with Crippen molar-refractivity contribution < 1.29 is 41.1 Å². The summed E-state index contributed by atoms with van der Waals surface area (Å²) >= 11 is 1.34. The number of ether oxygens (including phenoxy) is 2. The van der Waals surface area contributed by atoms with Gasteiger partial charge in [-0.2, -0.15) is 4.98 Å². The Morgan fingerprint density at radius 1 is 1.02 bits per heavy atom. The van der Waals surface area contributed by atoms with Crippen molar-refractivity contribution in [3.63, 3.8) is 0 Å². The number of nitrogens with one attached hydrogen (secondary N) is 1. The lowest BCUT2D eigenvalue weighted by molar-refractivity contribution is -0.144. The van der Waals surface area contributed by atoms with Crippen molar-refractivity contribution >= 4 is 59.3 Å². The molecule has 8 rings (SSSR count). The van der Waals surface area contributed by atoms with E-state index < -0.39 is 73.4 Å². The largest absolute Gasteiger partial charge is 0.491 e. The van der Waals surface area contributed by atoms with Gasteiger partial charge in [0.1, 0.15) is 28.2 Å². The van der Waals surface area contributed by atoms with Crippen molar-refractivity contribution in [2.75, 3.05) is 6.54 Å². The van der Waals surface area contributed by atoms with Crippen molar-refractivity contribution in [3.05, 3.63) is 96.6 Å². The molecule has 11 nitrogen and oxygen atoms in total. The van der Waals surface area contributed by atoms with Gasteiger partial charge in [0, 0.05) is 34.4 Å². The molecule has 326 valence electrons. The summed E-state index contributed by atoms with van der Waals surface area (Å²) in [6.07, 6.45) is 1.95. The molecule has 0 radical (unpaired) electrons. The van der Waals surface area contributed by atoms with Crippen LogP contribution in [0.15, 0.2) is 79.4 Å². The Bertz CT molecular complexity index is 2680. The van der Waals surface area contributed by atoms with Gasteiger partial charge >= 0.3 is 0 Å². The fourth-order valence-corrected chi connectivity index (χ4v) is 10.9. The molecule has 1 saturated heterocycles. The molecule has 1 N–H and O–H groups in total. The van der Waals surface area contributed by atoms with Crippen molar-refractivity contribution in [3.8, 4) is 23.0 Å². The number of aromatic nitrogens is 2. The summed E-state index contributed by atoms with van der Waals surface area (Å²) in [6.45, 7) is 13.5. The molecule has 2 aromatic heterocycles. The van der Waals surface area contributed by atoms with Crippen LogP contribution in [0.1, 0.15) is 72.3 Å². The second-order valence-corrected chi connectivity index (χ2v) is 21.2. The Hall–Kier alpha value is -5.28. The highest BCUT2D eigenvalue weighted by atomic mass is 32.2. The minimum atomic E-state index is -3.90. The Morgan fingerprint density at radius 2 is 1.71 bits per heavy atom. The van der Waals surface area contributed by atoms with Crippen molar-refractivity contribution in [2.24, 2.45) is 22.7 Å². The number of carbonyl (C=O) groups excluding carboxylic acids is 3. The molecule has 3 fully saturated rings. The van der Waals surface area contributed by atoms with E-state index in [1.54, 1.807) is 24.3 Å². The number of benzene rings is 3. The van der Waals surface area contributed by atoms with Crippen LogP contribution in [0.4, 0.5) is 8.78 Å². The molecule has 0 bridgehead atoms. The van der Waals surface area contributed by atoms with Crippen LogP contribution in [0.2, 0.25) is 0 Å². The normalized spacial score (nSPS) is 21.9. The molecule has 15 heteroatoms. The van der Waals surface area contributed by atoms with E-state index in [-0.39, 0.29) is 50.1 Å². The fraction of sp³-hybridized carbons (Fsp3) is 0.426. The molecule has 0 unspecified atom stereocenters. The first kappa shape index (κ1) is 43.4. The number of halogens is 2. The molecular formula is C47H50F2N4O7S2. The van der Waals surface area contributed by atoms with E-state index in [2.05, 4.69) is 11.3 Å². The lowest BCUT2D eigenvalue weighted by Crippen LogP contribution is -2.48. The summed E-state index contributed by atoms with van der Waals surface area (Å²) in [5.74, 6) is -2.19. The highest BCUT2D eigenvalue weighted by molar-refractivity contribution is 7.90. The number of nitrogens with zero attached hydrogens (tertiary/aromatic N) is 3. The molecule has 0 spiro atoms. The smallest absolute Gasteiger partial charge is 0.240 e. The Kier molecular flexibility index (Phi) is 11.5. The predicted octanol–water partition coefficient (Wildman–Crippen LogP) is 8.59. The maximum Gasteiger partial charge on any atom is 0.240 e. The SMILES string of the molecule is C=C[C@@H]1C[C@]1(CC(=O)[C@@H]1C[C@@H](Oc2nc(-c3ccc(OC(C)C)cc3)nc3c2sc2ccc(F)cc23)CN1C(=O)[C@@H](Cc1ccc(F)cc1)C(C)(C)C)C(=O)NS(=O)(=O)C1CC1. The Balaban J connectivity index is 1.15. The van der Waals surface area contributed by atoms with E-state index in [4.69, 9.17) is 19.4 Å². The number of hydrogen-bond donors (Lipinski definition) is 1. The number of amides is 2. The number of fused-ring (bicyclic) bond motifs is 3. The van der Waals surface area contributed by atoms with Crippen LogP contribution in [0.3, 0.4) is 0 Å². The highest BCUT2D eigenvalue weighted by Crippen LogP contribution is 2.57. The lowest BCUT2D eigenvalue weighted by atomic mass is 9.76. The number of sulfonamides is 1. The van der Waals surface area contributed by atoms with E-state index in [1.165, 1.54) is 40.5 Å². The number of Topliss-reactive ketones (excluding diaryl/α,β-unsaturated/α-hetero) is 1. The van der Waals surface area contributed by atoms with E-state index in [0.29, 0.717) is 45.6 Å².